The van der Waals surface area contributed by atoms with Crippen molar-refractivity contribution in [3.05, 3.63) is 29.8 Å². The third-order valence-corrected chi connectivity index (χ3v) is 3.59. The maximum absolute atomic E-state index is 12.0. The molecule has 1 aliphatic rings. The van der Waals surface area contributed by atoms with E-state index in [1.807, 2.05) is 0 Å². The van der Waals surface area contributed by atoms with Crippen molar-refractivity contribution in [2.24, 2.45) is 0 Å². The van der Waals surface area contributed by atoms with Gasteiger partial charge in [0.15, 0.2) is 0 Å². The lowest BCUT2D eigenvalue weighted by molar-refractivity contribution is -0.122. The molecule has 0 spiro atoms. The number of halogens is 2. The summed E-state index contributed by atoms with van der Waals surface area (Å²) in [5.41, 5.74) is 0.708. The molecule has 0 bridgehead atoms. The van der Waals surface area contributed by atoms with Crippen LogP contribution in [0.5, 0.6) is 5.75 Å². The molecule has 2 unspecified atom stereocenters. The summed E-state index contributed by atoms with van der Waals surface area (Å²) < 4.78 is 28.3. The predicted molar refractivity (Wildman–Crippen MR) is 73.2 cm³/mol. The first-order chi connectivity index (χ1) is 10.0. The Morgan fingerprint density at radius 1 is 1.29 bits per heavy atom. The van der Waals surface area contributed by atoms with Crippen LogP contribution in [0.2, 0.25) is 0 Å². The van der Waals surface area contributed by atoms with Crippen molar-refractivity contribution in [1.29, 1.82) is 0 Å². The summed E-state index contributed by atoms with van der Waals surface area (Å²) in [5, 5.41) is 12.6. The Kier molecular flexibility index (Phi) is 5.50. The van der Waals surface area contributed by atoms with Crippen LogP contribution in [0.15, 0.2) is 24.3 Å². The highest BCUT2D eigenvalue weighted by atomic mass is 19.3. The molecule has 1 saturated carbocycles. The smallest absolute Gasteiger partial charge is 0.387 e. The molecule has 0 heterocycles. The molecule has 2 N–H and O–H groups in total. The first kappa shape index (κ1) is 15.7. The van der Waals surface area contributed by atoms with E-state index in [1.54, 1.807) is 12.1 Å². The van der Waals surface area contributed by atoms with E-state index in [4.69, 9.17) is 0 Å². The molecule has 1 fully saturated rings. The minimum absolute atomic E-state index is 0.0665. The highest BCUT2D eigenvalue weighted by molar-refractivity contribution is 5.79. The number of benzene rings is 1. The predicted octanol–water partition coefficient (Wildman–Crippen LogP) is 2.25. The van der Waals surface area contributed by atoms with Crippen LogP contribution in [-0.2, 0) is 11.2 Å². The molecule has 1 aliphatic carbocycles. The average Bonchev–Trinajstić information content (AvgIpc) is 2.43. The number of aliphatic hydroxyl groups is 1. The van der Waals surface area contributed by atoms with E-state index >= 15 is 0 Å². The van der Waals surface area contributed by atoms with Gasteiger partial charge in [0.25, 0.3) is 0 Å². The van der Waals surface area contributed by atoms with E-state index in [-0.39, 0.29) is 24.1 Å². The van der Waals surface area contributed by atoms with Gasteiger partial charge in [0.1, 0.15) is 5.75 Å². The molecule has 6 heteroatoms. The minimum atomic E-state index is -2.85. The number of carbonyl (C=O) groups is 1. The molecule has 1 amide bonds. The van der Waals surface area contributed by atoms with Crippen LogP contribution in [0.4, 0.5) is 8.78 Å². The fraction of sp³-hybridized carbons (Fsp3) is 0.533. The van der Waals surface area contributed by atoms with Gasteiger partial charge in [-0.1, -0.05) is 25.0 Å². The van der Waals surface area contributed by atoms with Crippen molar-refractivity contribution in [2.45, 2.75) is 50.9 Å². The monoisotopic (exact) mass is 299 g/mol. The molecule has 0 aromatic heterocycles. The van der Waals surface area contributed by atoms with Gasteiger partial charge in [0.05, 0.1) is 18.6 Å². The maximum Gasteiger partial charge on any atom is 0.387 e. The molecule has 1 aromatic rings. The summed E-state index contributed by atoms with van der Waals surface area (Å²) in [6.45, 7) is -2.85. The lowest BCUT2D eigenvalue weighted by atomic mass is 9.92. The zero-order chi connectivity index (χ0) is 15.2. The van der Waals surface area contributed by atoms with Crippen molar-refractivity contribution in [2.75, 3.05) is 0 Å². The zero-order valence-electron chi connectivity index (χ0n) is 11.6. The lowest BCUT2D eigenvalue weighted by Crippen LogP contribution is -2.45. The van der Waals surface area contributed by atoms with E-state index in [0.29, 0.717) is 12.0 Å². The summed E-state index contributed by atoms with van der Waals surface area (Å²) in [7, 11) is 0. The van der Waals surface area contributed by atoms with Crippen molar-refractivity contribution in [3.63, 3.8) is 0 Å². The Labute approximate surface area is 122 Å². The Morgan fingerprint density at radius 2 is 1.95 bits per heavy atom. The van der Waals surface area contributed by atoms with Gasteiger partial charge in [-0.15, -0.1) is 0 Å². The van der Waals surface area contributed by atoms with Gasteiger partial charge in [0.2, 0.25) is 5.91 Å². The molecule has 0 saturated heterocycles. The average molecular weight is 299 g/mol. The summed E-state index contributed by atoms with van der Waals surface area (Å²) in [5.74, 6) is -0.111. The number of ether oxygens (including phenoxy) is 1. The molecule has 2 rings (SSSR count). The summed E-state index contributed by atoms with van der Waals surface area (Å²) in [6, 6.07) is 5.78. The molecular formula is C15H19F2NO3. The van der Waals surface area contributed by atoms with Crippen LogP contribution in [-0.4, -0.2) is 29.8 Å². The largest absolute Gasteiger partial charge is 0.435 e. The zero-order valence-corrected chi connectivity index (χ0v) is 11.6. The Bertz CT molecular complexity index is 464. The third-order valence-electron chi connectivity index (χ3n) is 3.59. The van der Waals surface area contributed by atoms with E-state index in [1.165, 1.54) is 12.1 Å². The number of nitrogens with one attached hydrogen (secondary N) is 1. The molecule has 0 aliphatic heterocycles. The van der Waals surface area contributed by atoms with Gasteiger partial charge < -0.3 is 15.2 Å². The first-order valence-corrected chi connectivity index (χ1v) is 7.06. The van der Waals surface area contributed by atoms with Crippen LogP contribution >= 0.6 is 0 Å². The molecule has 2 atom stereocenters. The fourth-order valence-corrected chi connectivity index (χ4v) is 2.51. The van der Waals surface area contributed by atoms with Gasteiger partial charge in [0, 0.05) is 0 Å². The van der Waals surface area contributed by atoms with E-state index in [9.17, 15) is 18.7 Å². The second kappa shape index (κ2) is 7.36. The number of amides is 1. The van der Waals surface area contributed by atoms with Crippen LogP contribution in [0.25, 0.3) is 0 Å². The van der Waals surface area contributed by atoms with Gasteiger partial charge in [-0.05, 0) is 30.5 Å². The van der Waals surface area contributed by atoms with Crippen LogP contribution < -0.4 is 10.1 Å². The standard InChI is InChI=1S/C15H19F2NO3/c16-15(17)21-11-7-5-10(6-8-11)9-14(20)18-12-3-1-2-4-13(12)19/h5-8,12-13,15,19H,1-4,9H2,(H,18,20). The topological polar surface area (TPSA) is 58.6 Å². The second-order valence-electron chi connectivity index (χ2n) is 5.23. The SMILES string of the molecule is O=C(Cc1ccc(OC(F)F)cc1)NC1CCCCC1O. The summed E-state index contributed by atoms with van der Waals surface area (Å²) in [4.78, 5) is 11.9. The van der Waals surface area contributed by atoms with E-state index in [0.717, 1.165) is 19.3 Å². The second-order valence-corrected chi connectivity index (χ2v) is 5.23. The number of carbonyl (C=O) groups excluding carboxylic acids is 1. The molecule has 4 nitrogen and oxygen atoms in total. The van der Waals surface area contributed by atoms with E-state index in [2.05, 4.69) is 10.1 Å². The van der Waals surface area contributed by atoms with Crippen molar-refractivity contribution >= 4 is 5.91 Å². The number of aliphatic hydroxyl groups excluding tert-OH is 1. The fourth-order valence-electron chi connectivity index (χ4n) is 2.51. The van der Waals surface area contributed by atoms with Gasteiger partial charge in [-0.2, -0.15) is 8.78 Å². The molecule has 21 heavy (non-hydrogen) atoms. The number of rotatable bonds is 5. The Balaban J connectivity index is 1.84. The lowest BCUT2D eigenvalue weighted by Gasteiger charge is -2.28. The normalized spacial score (nSPS) is 22.1. The molecule has 1 aromatic carbocycles. The van der Waals surface area contributed by atoms with Crippen LogP contribution in [0.3, 0.4) is 0 Å². The quantitative estimate of drug-likeness (QED) is 0.876. The van der Waals surface area contributed by atoms with Crippen molar-refractivity contribution < 1.29 is 23.4 Å². The van der Waals surface area contributed by atoms with Crippen molar-refractivity contribution in [1.82, 2.24) is 5.32 Å². The maximum atomic E-state index is 12.0. The Morgan fingerprint density at radius 3 is 2.57 bits per heavy atom. The molecular weight excluding hydrogens is 280 g/mol. The minimum Gasteiger partial charge on any atom is -0.435 e. The van der Waals surface area contributed by atoms with Gasteiger partial charge in [-0.25, -0.2) is 0 Å². The Hall–Kier alpha value is -1.69. The number of hydrogen-bond acceptors (Lipinski definition) is 3. The highest BCUT2D eigenvalue weighted by Gasteiger charge is 2.24. The number of hydrogen-bond donors (Lipinski definition) is 2. The summed E-state index contributed by atoms with van der Waals surface area (Å²) >= 11 is 0. The summed E-state index contributed by atoms with van der Waals surface area (Å²) in [6.07, 6.45) is 3.15. The highest BCUT2D eigenvalue weighted by Crippen LogP contribution is 2.19. The van der Waals surface area contributed by atoms with Gasteiger partial charge in [-0.3, -0.25) is 4.79 Å². The molecule has 0 radical (unpaired) electrons. The van der Waals surface area contributed by atoms with E-state index < -0.39 is 12.7 Å². The van der Waals surface area contributed by atoms with Crippen LogP contribution in [0.1, 0.15) is 31.2 Å². The molecule has 116 valence electrons. The number of alkyl halides is 2. The van der Waals surface area contributed by atoms with Gasteiger partial charge >= 0.3 is 6.61 Å². The van der Waals surface area contributed by atoms with Crippen LogP contribution in [0, 0.1) is 0 Å². The van der Waals surface area contributed by atoms with Crippen molar-refractivity contribution in [3.8, 4) is 5.75 Å². The first-order valence-electron chi connectivity index (χ1n) is 7.06. The third kappa shape index (κ3) is 4.97.